The maximum atomic E-state index is 12.2. The standard InChI is InChI=1S/C29H53NO5/c1-3-5-7-9-11-13-14-15-17-18-20-22-26(32)28(34)25(24-31)30-29(35)27(33)23-21-19-16-12-10-8-6-4-2/h9,11,15-17,19,25-28,31-34H,3-8,10,12-14,18,20-24H2,1-2H3,(H,30,35)/b11-9+,17-15+,19-16-. The lowest BCUT2D eigenvalue weighted by molar-refractivity contribution is -0.132. The van der Waals surface area contributed by atoms with Crippen LogP contribution in [0, 0.1) is 0 Å². The summed E-state index contributed by atoms with van der Waals surface area (Å²) in [6, 6.07) is -1.02. The first-order valence-electron chi connectivity index (χ1n) is 13.9. The minimum absolute atomic E-state index is 0.273. The predicted octanol–water partition coefficient (Wildman–Crippen LogP) is 5.11. The van der Waals surface area contributed by atoms with E-state index in [1.54, 1.807) is 0 Å². The maximum absolute atomic E-state index is 12.2. The molecule has 4 atom stereocenters. The van der Waals surface area contributed by atoms with Crippen LogP contribution in [-0.2, 0) is 4.79 Å². The normalized spacial score (nSPS) is 15.7. The van der Waals surface area contributed by atoms with E-state index in [-0.39, 0.29) is 6.42 Å². The van der Waals surface area contributed by atoms with E-state index in [1.165, 1.54) is 32.1 Å². The molecule has 0 aliphatic heterocycles. The average Bonchev–Trinajstić information content (AvgIpc) is 2.86. The van der Waals surface area contributed by atoms with Crippen molar-refractivity contribution in [2.75, 3.05) is 6.61 Å². The Balaban J connectivity index is 4.12. The van der Waals surface area contributed by atoms with Crippen molar-refractivity contribution in [3.8, 4) is 0 Å². The number of aliphatic hydroxyl groups is 4. The lowest BCUT2D eigenvalue weighted by atomic mass is 10.0. The molecule has 0 aromatic heterocycles. The zero-order chi connectivity index (χ0) is 26.2. The Morgan fingerprint density at radius 2 is 1.23 bits per heavy atom. The van der Waals surface area contributed by atoms with E-state index in [4.69, 9.17) is 0 Å². The predicted molar refractivity (Wildman–Crippen MR) is 145 cm³/mol. The molecule has 0 bridgehead atoms. The largest absolute Gasteiger partial charge is 0.394 e. The molecule has 0 radical (unpaired) electrons. The van der Waals surface area contributed by atoms with Crippen LogP contribution < -0.4 is 5.32 Å². The first-order chi connectivity index (χ1) is 17.0. The molecular formula is C29H53NO5. The third-order valence-corrected chi connectivity index (χ3v) is 6.06. The number of rotatable bonds is 23. The molecule has 0 aliphatic rings. The Bertz CT molecular complexity index is 575. The van der Waals surface area contributed by atoms with Gasteiger partial charge >= 0.3 is 0 Å². The van der Waals surface area contributed by atoms with Crippen molar-refractivity contribution >= 4 is 5.91 Å². The summed E-state index contributed by atoms with van der Waals surface area (Å²) in [5.41, 5.74) is 0. The van der Waals surface area contributed by atoms with Crippen LogP contribution in [-0.4, -0.2) is 57.3 Å². The second-order valence-corrected chi connectivity index (χ2v) is 9.36. The number of carbonyl (C=O) groups is 1. The molecule has 0 aromatic carbocycles. The van der Waals surface area contributed by atoms with Gasteiger partial charge in [-0.05, 0) is 64.2 Å². The van der Waals surface area contributed by atoms with E-state index in [0.29, 0.717) is 19.3 Å². The van der Waals surface area contributed by atoms with Crippen LogP contribution >= 0.6 is 0 Å². The van der Waals surface area contributed by atoms with Gasteiger partial charge in [-0.1, -0.05) is 82.4 Å². The number of hydrogen-bond donors (Lipinski definition) is 5. The molecular weight excluding hydrogens is 442 g/mol. The molecule has 0 saturated carbocycles. The van der Waals surface area contributed by atoms with Crippen LogP contribution in [0.2, 0.25) is 0 Å². The van der Waals surface area contributed by atoms with Gasteiger partial charge in [0.1, 0.15) is 12.2 Å². The van der Waals surface area contributed by atoms with Gasteiger partial charge in [0.25, 0.3) is 0 Å². The fourth-order valence-corrected chi connectivity index (χ4v) is 3.70. The number of allylic oxidation sites excluding steroid dienone is 6. The minimum atomic E-state index is -1.29. The van der Waals surface area contributed by atoms with Gasteiger partial charge < -0.3 is 25.7 Å². The van der Waals surface area contributed by atoms with E-state index in [2.05, 4.69) is 49.5 Å². The third-order valence-electron chi connectivity index (χ3n) is 6.06. The highest BCUT2D eigenvalue weighted by atomic mass is 16.3. The van der Waals surface area contributed by atoms with Gasteiger partial charge in [-0.2, -0.15) is 0 Å². The molecule has 1 amide bonds. The SMILES string of the molecule is CCCC/C=C/CC/C=C/CCCC(O)C(O)C(CO)NC(=O)C(O)CC/C=C\CCCCCC. The second-order valence-electron chi connectivity index (χ2n) is 9.36. The van der Waals surface area contributed by atoms with E-state index in [0.717, 1.165) is 38.5 Å². The number of nitrogens with one attached hydrogen (secondary N) is 1. The van der Waals surface area contributed by atoms with Crippen molar-refractivity contribution in [3.63, 3.8) is 0 Å². The molecule has 0 fully saturated rings. The number of hydrogen-bond acceptors (Lipinski definition) is 5. The topological polar surface area (TPSA) is 110 Å². The molecule has 0 heterocycles. The highest BCUT2D eigenvalue weighted by Gasteiger charge is 2.28. The number of amides is 1. The van der Waals surface area contributed by atoms with E-state index in [1.807, 2.05) is 6.08 Å². The zero-order valence-corrected chi connectivity index (χ0v) is 22.3. The summed E-state index contributed by atoms with van der Waals surface area (Å²) in [6.45, 7) is 3.85. The van der Waals surface area contributed by atoms with Crippen molar-refractivity contribution < 1.29 is 25.2 Å². The smallest absolute Gasteiger partial charge is 0.249 e. The molecule has 35 heavy (non-hydrogen) atoms. The summed E-state index contributed by atoms with van der Waals surface area (Å²) in [5.74, 6) is -0.640. The average molecular weight is 496 g/mol. The van der Waals surface area contributed by atoms with Crippen molar-refractivity contribution in [1.29, 1.82) is 0 Å². The molecule has 0 saturated heterocycles. The number of aliphatic hydroxyl groups excluding tert-OH is 4. The molecule has 0 aromatic rings. The van der Waals surface area contributed by atoms with Crippen LogP contribution in [0.25, 0.3) is 0 Å². The van der Waals surface area contributed by atoms with Crippen molar-refractivity contribution in [2.45, 2.75) is 135 Å². The Labute approximate surface area is 214 Å². The van der Waals surface area contributed by atoms with Crippen LogP contribution in [0.3, 0.4) is 0 Å². The molecule has 204 valence electrons. The van der Waals surface area contributed by atoms with Gasteiger partial charge in [-0.25, -0.2) is 0 Å². The van der Waals surface area contributed by atoms with E-state index < -0.39 is 36.9 Å². The van der Waals surface area contributed by atoms with Gasteiger partial charge in [0.05, 0.1) is 18.8 Å². The lowest BCUT2D eigenvalue weighted by Crippen LogP contribution is -2.53. The second kappa shape index (κ2) is 24.2. The first-order valence-corrected chi connectivity index (χ1v) is 13.9. The Morgan fingerprint density at radius 3 is 1.83 bits per heavy atom. The van der Waals surface area contributed by atoms with Gasteiger partial charge in [0.2, 0.25) is 5.91 Å². The van der Waals surface area contributed by atoms with Gasteiger partial charge in [-0.3, -0.25) is 4.79 Å². The highest BCUT2D eigenvalue weighted by Crippen LogP contribution is 2.11. The van der Waals surface area contributed by atoms with Crippen molar-refractivity contribution in [3.05, 3.63) is 36.5 Å². The Kier molecular flexibility index (Phi) is 23.2. The maximum Gasteiger partial charge on any atom is 0.249 e. The minimum Gasteiger partial charge on any atom is -0.394 e. The number of unbranched alkanes of at least 4 members (excludes halogenated alkanes) is 8. The molecule has 6 nitrogen and oxygen atoms in total. The fourth-order valence-electron chi connectivity index (χ4n) is 3.70. The Hall–Kier alpha value is -1.47. The highest BCUT2D eigenvalue weighted by molar-refractivity contribution is 5.80. The van der Waals surface area contributed by atoms with Crippen molar-refractivity contribution in [2.24, 2.45) is 0 Å². The van der Waals surface area contributed by atoms with Gasteiger partial charge in [0.15, 0.2) is 0 Å². The Morgan fingerprint density at radius 1 is 0.686 bits per heavy atom. The quantitative estimate of drug-likeness (QED) is 0.1000. The summed E-state index contributed by atoms with van der Waals surface area (Å²) < 4.78 is 0. The summed E-state index contributed by atoms with van der Waals surface area (Å²) in [5, 5.41) is 42.8. The summed E-state index contributed by atoms with van der Waals surface area (Å²) in [6.07, 6.45) is 23.3. The monoisotopic (exact) mass is 495 g/mol. The number of carbonyl (C=O) groups excluding carboxylic acids is 1. The molecule has 4 unspecified atom stereocenters. The van der Waals surface area contributed by atoms with Crippen LogP contribution in [0.4, 0.5) is 0 Å². The van der Waals surface area contributed by atoms with Crippen LogP contribution in [0.15, 0.2) is 36.5 Å². The van der Waals surface area contributed by atoms with E-state index in [9.17, 15) is 25.2 Å². The van der Waals surface area contributed by atoms with Crippen LogP contribution in [0.5, 0.6) is 0 Å². The lowest BCUT2D eigenvalue weighted by Gasteiger charge is -2.27. The molecule has 0 aliphatic carbocycles. The summed E-state index contributed by atoms with van der Waals surface area (Å²) in [7, 11) is 0. The van der Waals surface area contributed by atoms with Gasteiger partial charge in [0, 0.05) is 0 Å². The van der Waals surface area contributed by atoms with Gasteiger partial charge in [-0.15, -0.1) is 0 Å². The molecule has 6 heteroatoms. The van der Waals surface area contributed by atoms with E-state index >= 15 is 0 Å². The third kappa shape index (κ3) is 19.4. The molecule has 0 rings (SSSR count). The first kappa shape index (κ1) is 33.5. The van der Waals surface area contributed by atoms with Crippen molar-refractivity contribution in [1.82, 2.24) is 5.32 Å². The van der Waals surface area contributed by atoms with Crippen LogP contribution in [0.1, 0.15) is 110 Å². The summed E-state index contributed by atoms with van der Waals surface area (Å²) in [4.78, 5) is 12.2. The summed E-state index contributed by atoms with van der Waals surface area (Å²) >= 11 is 0. The molecule has 5 N–H and O–H groups in total. The zero-order valence-electron chi connectivity index (χ0n) is 22.3. The fraction of sp³-hybridized carbons (Fsp3) is 0.759. The molecule has 0 spiro atoms.